The molecule has 1 aliphatic rings. The largest absolute Gasteiger partial charge is 0.348 e. The topological polar surface area (TPSA) is 64.0 Å². The third kappa shape index (κ3) is 3.66. The zero-order valence-corrected chi connectivity index (χ0v) is 11.4. The summed E-state index contributed by atoms with van der Waals surface area (Å²) < 4.78 is 1.31. The molecule has 2 rings (SSSR count). The molecule has 1 N–H and O–H groups in total. The first-order chi connectivity index (χ1) is 9.20. The SMILES string of the molecule is CCn1nc(C(=O)NC2CCCCCC2)ccc1=O. The van der Waals surface area contributed by atoms with E-state index in [0.717, 1.165) is 12.8 Å². The zero-order chi connectivity index (χ0) is 13.7. The van der Waals surface area contributed by atoms with Gasteiger partial charge in [-0.2, -0.15) is 5.10 Å². The lowest BCUT2D eigenvalue weighted by atomic mass is 10.1. The fourth-order valence-corrected chi connectivity index (χ4v) is 2.48. The van der Waals surface area contributed by atoms with E-state index in [1.54, 1.807) is 0 Å². The van der Waals surface area contributed by atoms with Gasteiger partial charge in [0.1, 0.15) is 5.69 Å². The van der Waals surface area contributed by atoms with E-state index in [1.807, 2.05) is 6.92 Å². The molecule has 0 saturated heterocycles. The van der Waals surface area contributed by atoms with E-state index in [2.05, 4.69) is 10.4 Å². The van der Waals surface area contributed by atoms with Gasteiger partial charge in [0, 0.05) is 18.7 Å². The van der Waals surface area contributed by atoms with E-state index >= 15 is 0 Å². The number of aromatic nitrogens is 2. The van der Waals surface area contributed by atoms with Crippen LogP contribution in [0.3, 0.4) is 0 Å². The Morgan fingerprint density at radius 3 is 2.63 bits per heavy atom. The van der Waals surface area contributed by atoms with Crippen molar-refractivity contribution in [1.29, 1.82) is 0 Å². The minimum atomic E-state index is -0.173. The van der Waals surface area contributed by atoms with E-state index in [4.69, 9.17) is 0 Å². The van der Waals surface area contributed by atoms with Crippen molar-refractivity contribution >= 4 is 5.91 Å². The van der Waals surface area contributed by atoms with E-state index in [1.165, 1.54) is 42.5 Å². The number of hydrogen-bond acceptors (Lipinski definition) is 3. The summed E-state index contributed by atoms with van der Waals surface area (Å²) in [6.45, 7) is 2.31. The first-order valence-electron chi connectivity index (χ1n) is 7.09. The quantitative estimate of drug-likeness (QED) is 0.844. The van der Waals surface area contributed by atoms with Crippen LogP contribution >= 0.6 is 0 Å². The van der Waals surface area contributed by atoms with Crippen LogP contribution in [0.2, 0.25) is 0 Å². The molecule has 0 unspecified atom stereocenters. The van der Waals surface area contributed by atoms with Crippen LogP contribution in [0, 0.1) is 0 Å². The predicted molar refractivity (Wildman–Crippen MR) is 73.1 cm³/mol. The minimum absolute atomic E-state index is 0.172. The molecule has 104 valence electrons. The molecular formula is C14H21N3O2. The lowest BCUT2D eigenvalue weighted by Crippen LogP contribution is -2.36. The monoisotopic (exact) mass is 263 g/mol. The van der Waals surface area contributed by atoms with E-state index in [-0.39, 0.29) is 17.5 Å². The lowest BCUT2D eigenvalue weighted by Gasteiger charge is -2.15. The maximum atomic E-state index is 12.1. The number of aryl methyl sites for hydroxylation is 1. The van der Waals surface area contributed by atoms with Gasteiger partial charge in [-0.05, 0) is 25.8 Å². The van der Waals surface area contributed by atoms with Crippen LogP contribution in [0.5, 0.6) is 0 Å². The molecule has 1 aromatic rings. The molecule has 19 heavy (non-hydrogen) atoms. The normalized spacial score (nSPS) is 16.9. The zero-order valence-electron chi connectivity index (χ0n) is 11.4. The molecule has 5 heteroatoms. The lowest BCUT2D eigenvalue weighted by molar-refractivity contribution is 0.0925. The number of carbonyl (C=O) groups is 1. The Morgan fingerprint density at radius 1 is 1.32 bits per heavy atom. The smallest absolute Gasteiger partial charge is 0.271 e. The van der Waals surface area contributed by atoms with Gasteiger partial charge in [0.2, 0.25) is 0 Å². The van der Waals surface area contributed by atoms with Crippen LogP contribution < -0.4 is 10.9 Å². The first kappa shape index (κ1) is 13.8. The number of carbonyl (C=O) groups excluding carboxylic acids is 1. The van der Waals surface area contributed by atoms with Crippen molar-refractivity contribution in [2.45, 2.75) is 58.0 Å². The van der Waals surface area contributed by atoms with Gasteiger partial charge in [0.05, 0.1) is 0 Å². The van der Waals surface area contributed by atoms with E-state index in [9.17, 15) is 9.59 Å². The Morgan fingerprint density at radius 2 is 2.00 bits per heavy atom. The Labute approximate surface area is 113 Å². The van der Waals surface area contributed by atoms with Gasteiger partial charge in [-0.1, -0.05) is 25.7 Å². The van der Waals surface area contributed by atoms with Crippen molar-refractivity contribution in [3.8, 4) is 0 Å². The molecule has 1 amide bonds. The predicted octanol–water partition coefficient (Wildman–Crippen LogP) is 1.72. The van der Waals surface area contributed by atoms with Crippen molar-refractivity contribution in [2.24, 2.45) is 0 Å². The third-order valence-corrected chi connectivity index (χ3v) is 3.59. The molecule has 1 heterocycles. The summed E-state index contributed by atoms with van der Waals surface area (Å²) in [5.41, 5.74) is 0.152. The third-order valence-electron chi connectivity index (χ3n) is 3.59. The molecule has 0 bridgehead atoms. The fourth-order valence-electron chi connectivity index (χ4n) is 2.48. The van der Waals surface area contributed by atoms with Gasteiger partial charge in [0.15, 0.2) is 0 Å². The highest BCUT2D eigenvalue weighted by Crippen LogP contribution is 2.17. The molecule has 0 aromatic carbocycles. The summed E-state index contributed by atoms with van der Waals surface area (Å²) in [7, 11) is 0. The number of nitrogens with zero attached hydrogens (tertiary/aromatic N) is 2. The Hall–Kier alpha value is -1.65. The van der Waals surface area contributed by atoms with Crippen LogP contribution in [-0.2, 0) is 6.54 Å². The highest BCUT2D eigenvalue weighted by atomic mass is 16.2. The van der Waals surface area contributed by atoms with Gasteiger partial charge in [0.25, 0.3) is 11.5 Å². The molecular weight excluding hydrogens is 242 g/mol. The van der Waals surface area contributed by atoms with Crippen molar-refractivity contribution in [3.05, 3.63) is 28.2 Å². The van der Waals surface area contributed by atoms with Gasteiger partial charge in [-0.15, -0.1) is 0 Å². The number of hydrogen-bond donors (Lipinski definition) is 1. The molecule has 0 aliphatic heterocycles. The number of rotatable bonds is 3. The Bertz CT molecular complexity index is 488. The second-order valence-corrected chi connectivity index (χ2v) is 5.03. The highest BCUT2D eigenvalue weighted by molar-refractivity contribution is 5.92. The van der Waals surface area contributed by atoms with Crippen LogP contribution in [0.15, 0.2) is 16.9 Å². The maximum absolute atomic E-state index is 12.1. The molecule has 0 spiro atoms. The summed E-state index contributed by atoms with van der Waals surface area (Å²) in [4.78, 5) is 23.5. The Kier molecular flexibility index (Phi) is 4.71. The molecule has 1 saturated carbocycles. The van der Waals surface area contributed by atoms with Crippen LogP contribution in [0.25, 0.3) is 0 Å². The second-order valence-electron chi connectivity index (χ2n) is 5.03. The number of amides is 1. The Balaban J connectivity index is 2.04. The fraction of sp³-hybridized carbons (Fsp3) is 0.643. The molecule has 5 nitrogen and oxygen atoms in total. The average molecular weight is 263 g/mol. The summed E-state index contributed by atoms with van der Waals surface area (Å²) in [5, 5.41) is 7.10. The van der Waals surface area contributed by atoms with E-state index < -0.39 is 0 Å². The summed E-state index contributed by atoms with van der Waals surface area (Å²) in [6, 6.07) is 3.15. The molecule has 0 radical (unpaired) electrons. The van der Waals surface area contributed by atoms with Gasteiger partial charge in [-0.3, -0.25) is 9.59 Å². The molecule has 1 fully saturated rings. The van der Waals surface area contributed by atoms with Crippen molar-refractivity contribution in [1.82, 2.24) is 15.1 Å². The maximum Gasteiger partial charge on any atom is 0.271 e. The van der Waals surface area contributed by atoms with Crippen molar-refractivity contribution in [3.63, 3.8) is 0 Å². The molecule has 1 aliphatic carbocycles. The standard InChI is InChI=1S/C14H21N3O2/c1-2-17-13(18)10-9-12(16-17)14(19)15-11-7-5-3-4-6-8-11/h9-11H,2-8H2,1H3,(H,15,19). The second kappa shape index (κ2) is 6.50. The van der Waals surface area contributed by atoms with Crippen LogP contribution in [0.1, 0.15) is 55.9 Å². The minimum Gasteiger partial charge on any atom is -0.348 e. The van der Waals surface area contributed by atoms with Gasteiger partial charge in [-0.25, -0.2) is 4.68 Å². The highest BCUT2D eigenvalue weighted by Gasteiger charge is 2.17. The molecule has 0 atom stereocenters. The van der Waals surface area contributed by atoms with Crippen molar-refractivity contribution in [2.75, 3.05) is 0 Å². The van der Waals surface area contributed by atoms with Crippen molar-refractivity contribution < 1.29 is 4.79 Å². The average Bonchev–Trinajstić information content (AvgIpc) is 2.68. The molecule has 1 aromatic heterocycles. The number of nitrogens with one attached hydrogen (secondary N) is 1. The first-order valence-corrected chi connectivity index (χ1v) is 7.09. The van der Waals surface area contributed by atoms with Gasteiger partial charge < -0.3 is 5.32 Å². The van der Waals surface area contributed by atoms with E-state index in [0.29, 0.717) is 12.2 Å². The summed E-state index contributed by atoms with van der Waals surface area (Å²) >= 11 is 0. The summed E-state index contributed by atoms with van der Waals surface area (Å²) in [6.07, 6.45) is 6.94. The summed E-state index contributed by atoms with van der Waals surface area (Å²) in [5.74, 6) is -0.172. The van der Waals surface area contributed by atoms with Gasteiger partial charge >= 0.3 is 0 Å². The van der Waals surface area contributed by atoms with Crippen LogP contribution in [0.4, 0.5) is 0 Å². The van der Waals surface area contributed by atoms with Crippen LogP contribution in [-0.4, -0.2) is 21.7 Å².